The number of piperazine rings is 1. The average Bonchev–Trinajstić information content (AvgIpc) is 3.36. The number of benzene rings is 1. The van der Waals surface area contributed by atoms with Gasteiger partial charge in [-0.25, -0.2) is 11.4 Å². The lowest BCUT2D eigenvalue weighted by molar-refractivity contribution is 0.0155. The van der Waals surface area contributed by atoms with Crippen LogP contribution in [0.15, 0.2) is 18.2 Å². The van der Waals surface area contributed by atoms with Gasteiger partial charge in [0.05, 0.1) is 12.2 Å². The second kappa shape index (κ2) is 14.9. The van der Waals surface area contributed by atoms with Gasteiger partial charge >= 0.3 is 12.1 Å². The first-order chi connectivity index (χ1) is 20.0. The smallest absolute Gasteiger partial charge is 0.410 e. The van der Waals surface area contributed by atoms with E-state index in [1.807, 2.05) is 20.8 Å². The highest BCUT2D eigenvalue weighted by atomic mass is 32.1. The molecule has 5 rings (SSSR count). The Kier molecular flexibility index (Phi) is 12.1. The zero-order valence-electron chi connectivity index (χ0n) is 27.0. The Balaban J connectivity index is 0.00000264. The van der Waals surface area contributed by atoms with Crippen LogP contribution >= 0.6 is 27.0 Å². The number of hydrogen-bond acceptors (Lipinski definition) is 8. The monoisotopic (exact) mass is 643 g/mol. The van der Waals surface area contributed by atoms with Crippen molar-refractivity contribution in [1.29, 1.82) is 0 Å². The zero-order valence-corrected chi connectivity index (χ0v) is 29.0. The normalized spacial score (nSPS) is 20.2. The molecule has 12 heteroatoms. The van der Waals surface area contributed by atoms with Gasteiger partial charge in [0.1, 0.15) is 24.1 Å². The van der Waals surface area contributed by atoms with Crippen molar-refractivity contribution in [3.05, 3.63) is 52.0 Å². The molecule has 242 valence electrons. The molecule has 0 saturated carbocycles. The third-order valence-corrected chi connectivity index (χ3v) is 8.73. The Morgan fingerprint density at radius 2 is 1.84 bits per heavy atom. The minimum Gasteiger partial charge on any atom is -0.462 e. The number of ether oxygens (including phenoxy) is 2. The Morgan fingerprint density at radius 1 is 1.07 bits per heavy atom. The van der Waals surface area contributed by atoms with Crippen LogP contribution in [0.25, 0.3) is 4.85 Å². The van der Waals surface area contributed by atoms with Gasteiger partial charge < -0.3 is 29.0 Å². The van der Waals surface area contributed by atoms with Crippen LogP contribution in [0.3, 0.4) is 0 Å². The number of aromatic nitrogens is 2. The standard InChI is InChI=1S/C32H45N7O3.2H2S/c1-22-10-8-12-28(23(22)2)37-15-13-26-27(20-37)34-30(41-21-24-11-9-14-36(24)7)35-29(26)38-16-17-39(25(19-38)18-33-6)31(40)42-32(3,4)5;;/h8,10,12,24-25H,9,11,13-21H2,1-5,7H3;2*1H2/t24-,25-;;/m0../s1. The Hall–Kier alpha value is -2.88. The highest BCUT2D eigenvalue weighted by Gasteiger charge is 2.37. The second-order valence-electron chi connectivity index (χ2n) is 12.8. The van der Waals surface area contributed by atoms with Gasteiger partial charge in [0, 0.05) is 43.5 Å². The summed E-state index contributed by atoms with van der Waals surface area (Å²) in [6.07, 6.45) is 2.73. The Morgan fingerprint density at radius 3 is 2.52 bits per heavy atom. The zero-order chi connectivity index (χ0) is 30.0. The first-order valence-electron chi connectivity index (χ1n) is 15.2. The van der Waals surface area contributed by atoms with Crippen LogP contribution in [0.5, 0.6) is 6.01 Å². The summed E-state index contributed by atoms with van der Waals surface area (Å²) in [5.41, 5.74) is 5.33. The van der Waals surface area contributed by atoms with Gasteiger partial charge in [0.2, 0.25) is 6.54 Å². The molecule has 44 heavy (non-hydrogen) atoms. The molecule has 0 spiro atoms. The highest BCUT2D eigenvalue weighted by Crippen LogP contribution is 2.34. The molecule has 4 heterocycles. The summed E-state index contributed by atoms with van der Waals surface area (Å²) >= 11 is 0. The average molecular weight is 644 g/mol. The van der Waals surface area contributed by atoms with E-state index in [1.165, 1.54) is 23.2 Å². The van der Waals surface area contributed by atoms with Gasteiger partial charge in [0.15, 0.2) is 0 Å². The van der Waals surface area contributed by atoms with Crippen LogP contribution in [0.1, 0.15) is 56.0 Å². The summed E-state index contributed by atoms with van der Waals surface area (Å²) < 4.78 is 12.0. The fourth-order valence-corrected chi connectivity index (χ4v) is 6.23. The molecule has 0 unspecified atom stereocenters. The van der Waals surface area contributed by atoms with Crippen LogP contribution in [0.4, 0.5) is 16.3 Å². The third kappa shape index (κ3) is 8.03. The SMILES string of the molecule is S.S.[C-]#[N+]C[C@H]1CN(c2nc(OC[C@@H]3CCCN3C)nc3c2CCN(c2cccc(C)c2C)C3)CCN1C(=O)OC(C)(C)C. The number of nitrogens with zero attached hydrogens (tertiary/aromatic N) is 7. The van der Waals surface area contributed by atoms with E-state index < -0.39 is 5.60 Å². The van der Waals surface area contributed by atoms with E-state index >= 15 is 0 Å². The highest BCUT2D eigenvalue weighted by molar-refractivity contribution is 7.59. The number of carbonyl (C=O) groups is 1. The molecule has 0 radical (unpaired) electrons. The van der Waals surface area contributed by atoms with Gasteiger partial charge in [-0.15, -0.1) is 0 Å². The van der Waals surface area contributed by atoms with Crippen LogP contribution < -0.4 is 14.5 Å². The van der Waals surface area contributed by atoms with Crippen molar-refractivity contribution in [3.8, 4) is 6.01 Å². The number of amides is 1. The fraction of sp³-hybridized carbons (Fsp3) is 0.625. The van der Waals surface area contributed by atoms with Crippen molar-refractivity contribution in [2.24, 2.45) is 0 Å². The Labute approximate surface area is 276 Å². The first-order valence-corrected chi connectivity index (χ1v) is 15.2. The molecular weight excluding hydrogens is 595 g/mol. The lowest BCUT2D eigenvalue weighted by Crippen LogP contribution is -2.57. The molecule has 0 bridgehead atoms. The van der Waals surface area contributed by atoms with E-state index in [0.717, 1.165) is 43.0 Å². The van der Waals surface area contributed by atoms with Gasteiger partial charge in [-0.3, -0.25) is 4.90 Å². The van der Waals surface area contributed by atoms with Crippen molar-refractivity contribution < 1.29 is 14.3 Å². The number of likely N-dealkylation sites (tertiary alicyclic amines) is 1. The van der Waals surface area contributed by atoms with E-state index in [1.54, 1.807) is 4.90 Å². The molecule has 1 aromatic carbocycles. The molecule has 2 saturated heterocycles. The van der Waals surface area contributed by atoms with E-state index in [2.05, 4.69) is 58.6 Å². The number of aryl methyl sites for hydroxylation is 1. The maximum atomic E-state index is 13.0. The minimum absolute atomic E-state index is 0. The Bertz CT molecular complexity index is 1350. The fourth-order valence-electron chi connectivity index (χ4n) is 6.23. The lowest BCUT2D eigenvalue weighted by Gasteiger charge is -2.41. The van der Waals surface area contributed by atoms with E-state index in [-0.39, 0.29) is 45.7 Å². The van der Waals surface area contributed by atoms with E-state index in [9.17, 15) is 4.79 Å². The van der Waals surface area contributed by atoms with E-state index in [0.29, 0.717) is 44.8 Å². The number of fused-ring (bicyclic) bond motifs is 1. The van der Waals surface area contributed by atoms with Crippen molar-refractivity contribution >= 4 is 44.6 Å². The summed E-state index contributed by atoms with van der Waals surface area (Å²) in [4.78, 5) is 35.3. The number of carbonyl (C=O) groups excluding carboxylic acids is 1. The summed E-state index contributed by atoms with van der Waals surface area (Å²) in [6.45, 7) is 22.5. The topological polar surface area (TPSA) is 78.6 Å². The molecule has 3 aliphatic rings. The molecule has 3 aliphatic heterocycles. The van der Waals surface area contributed by atoms with E-state index in [4.69, 9.17) is 26.0 Å². The van der Waals surface area contributed by atoms with Crippen molar-refractivity contribution in [2.45, 2.75) is 78.1 Å². The molecule has 2 fully saturated rings. The number of anilines is 2. The molecule has 2 aromatic rings. The van der Waals surface area contributed by atoms with Crippen LogP contribution in [0, 0.1) is 20.4 Å². The first kappa shape index (κ1) is 35.6. The molecule has 1 amide bonds. The maximum Gasteiger partial charge on any atom is 0.410 e. The summed E-state index contributed by atoms with van der Waals surface area (Å²) in [6, 6.07) is 6.94. The van der Waals surface area contributed by atoms with Gasteiger partial charge in [0.25, 0.3) is 0 Å². The predicted octanol–water partition coefficient (Wildman–Crippen LogP) is 4.70. The van der Waals surface area contributed by atoms with Gasteiger partial charge in [-0.1, -0.05) is 12.1 Å². The number of likely N-dealkylation sites (N-methyl/N-ethyl adjacent to an activating group) is 1. The summed E-state index contributed by atoms with van der Waals surface area (Å²) in [7, 11) is 2.14. The maximum absolute atomic E-state index is 13.0. The van der Waals surface area contributed by atoms with Gasteiger partial charge in [-0.05, 0) is 84.7 Å². The second-order valence-corrected chi connectivity index (χ2v) is 12.8. The van der Waals surface area contributed by atoms with Gasteiger partial charge in [-0.2, -0.15) is 37.0 Å². The molecular formula is C32H49N7O3S2. The number of hydrogen-bond donors (Lipinski definition) is 0. The number of rotatable bonds is 6. The summed E-state index contributed by atoms with van der Waals surface area (Å²) in [5, 5.41) is 0. The largest absolute Gasteiger partial charge is 0.462 e. The van der Waals surface area contributed by atoms with Crippen molar-refractivity contribution in [3.63, 3.8) is 0 Å². The molecule has 2 atom stereocenters. The lowest BCUT2D eigenvalue weighted by atomic mass is 10.0. The quantitative estimate of drug-likeness (QED) is 0.420. The van der Waals surface area contributed by atoms with Crippen molar-refractivity contribution in [2.75, 3.05) is 62.7 Å². The van der Waals surface area contributed by atoms with Crippen LogP contribution in [0.2, 0.25) is 0 Å². The minimum atomic E-state index is -0.594. The van der Waals surface area contributed by atoms with Crippen LogP contribution in [-0.2, 0) is 17.7 Å². The third-order valence-electron chi connectivity index (χ3n) is 8.73. The van der Waals surface area contributed by atoms with Crippen molar-refractivity contribution in [1.82, 2.24) is 19.8 Å². The summed E-state index contributed by atoms with van der Waals surface area (Å²) in [5.74, 6) is 0.870. The van der Waals surface area contributed by atoms with Crippen LogP contribution in [-0.4, -0.2) is 96.5 Å². The molecule has 1 aromatic heterocycles. The molecule has 10 nitrogen and oxygen atoms in total. The molecule has 0 aliphatic carbocycles. The molecule has 0 N–H and O–H groups in total. The predicted molar refractivity (Wildman–Crippen MR) is 185 cm³/mol.